The Kier molecular flexibility index (Phi) is 5.61. The van der Waals surface area contributed by atoms with E-state index < -0.39 is 10.0 Å². The standard InChI is InChI=1S/C12H20BrN3O2S2/c1-14-8-10-6-11(12(13)19-10)20(17,18)15-7-9-4-3-5-16(9)2/h6,9,14-15H,3-5,7-8H2,1-2H3. The zero-order valence-corrected chi connectivity index (χ0v) is 14.9. The Morgan fingerprint density at radius 3 is 2.90 bits per heavy atom. The first kappa shape index (κ1) is 16.4. The van der Waals surface area contributed by atoms with Crippen molar-refractivity contribution in [3.8, 4) is 0 Å². The molecule has 8 heteroatoms. The van der Waals surface area contributed by atoms with Gasteiger partial charge in [0.1, 0.15) is 4.90 Å². The molecule has 2 N–H and O–H groups in total. The first-order valence-electron chi connectivity index (χ1n) is 6.56. The molecule has 1 aromatic rings. The van der Waals surface area contributed by atoms with Crippen LogP contribution >= 0.6 is 27.3 Å². The topological polar surface area (TPSA) is 61.4 Å². The molecule has 1 aromatic heterocycles. The first-order chi connectivity index (χ1) is 9.44. The molecule has 0 aromatic carbocycles. The molecule has 5 nitrogen and oxygen atoms in total. The fourth-order valence-electron chi connectivity index (χ4n) is 2.36. The summed E-state index contributed by atoms with van der Waals surface area (Å²) >= 11 is 4.80. The second-order valence-electron chi connectivity index (χ2n) is 5.01. The van der Waals surface area contributed by atoms with E-state index >= 15 is 0 Å². The Morgan fingerprint density at radius 1 is 1.55 bits per heavy atom. The van der Waals surface area contributed by atoms with Gasteiger partial charge in [0.2, 0.25) is 10.0 Å². The summed E-state index contributed by atoms with van der Waals surface area (Å²) in [7, 11) is 0.442. The molecule has 0 radical (unpaired) electrons. The zero-order chi connectivity index (χ0) is 14.8. The van der Waals surface area contributed by atoms with Crippen LogP contribution in [0.5, 0.6) is 0 Å². The SMILES string of the molecule is CNCc1cc(S(=O)(=O)NCC2CCCN2C)c(Br)s1. The van der Waals surface area contributed by atoms with Gasteiger partial charge in [0.25, 0.3) is 0 Å². The molecule has 1 atom stereocenters. The molecule has 2 rings (SSSR count). The summed E-state index contributed by atoms with van der Waals surface area (Å²) in [5, 5.41) is 3.03. The highest BCUT2D eigenvalue weighted by Gasteiger charge is 2.25. The van der Waals surface area contributed by atoms with Crippen LogP contribution in [0.1, 0.15) is 17.7 Å². The van der Waals surface area contributed by atoms with Crippen molar-refractivity contribution >= 4 is 37.3 Å². The lowest BCUT2D eigenvalue weighted by molar-refractivity contribution is 0.311. The lowest BCUT2D eigenvalue weighted by Gasteiger charge is -2.19. The van der Waals surface area contributed by atoms with E-state index in [0.717, 1.165) is 24.3 Å². The number of hydrogen-bond donors (Lipinski definition) is 2. The van der Waals surface area contributed by atoms with Crippen molar-refractivity contribution in [1.29, 1.82) is 0 Å². The van der Waals surface area contributed by atoms with Gasteiger partial charge in [0.15, 0.2) is 0 Å². The van der Waals surface area contributed by atoms with Crippen molar-refractivity contribution in [3.63, 3.8) is 0 Å². The Labute approximate surface area is 132 Å². The summed E-state index contributed by atoms with van der Waals surface area (Å²) in [4.78, 5) is 3.54. The first-order valence-corrected chi connectivity index (χ1v) is 9.66. The second kappa shape index (κ2) is 6.85. The molecule has 0 spiro atoms. The van der Waals surface area contributed by atoms with Crippen LogP contribution in [0.15, 0.2) is 14.7 Å². The van der Waals surface area contributed by atoms with Crippen molar-refractivity contribution in [2.45, 2.75) is 30.3 Å². The molecule has 20 heavy (non-hydrogen) atoms. The molecule has 2 heterocycles. The van der Waals surface area contributed by atoms with Crippen molar-refractivity contribution in [2.75, 3.05) is 27.2 Å². The lowest BCUT2D eigenvalue weighted by atomic mass is 10.2. The van der Waals surface area contributed by atoms with Gasteiger partial charge in [0, 0.05) is 24.0 Å². The molecular weight excluding hydrogens is 362 g/mol. The van der Waals surface area contributed by atoms with Crippen molar-refractivity contribution in [1.82, 2.24) is 14.9 Å². The van der Waals surface area contributed by atoms with Gasteiger partial charge in [-0.15, -0.1) is 11.3 Å². The van der Waals surface area contributed by atoms with E-state index in [2.05, 4.69) is 30.9 Å². The Hall–Kier alpha value is 0.01000. The number of sulfonamides is 1. The number of hydrogen-bond acceptors (Lipinski definition) is 5. The minimum absolute atomic E-state index is 0.305. The van der Waals surface area contributed by atoms with Crippen LogP contribution in [-0.4, -0.2) is 46.5 Å². The predicted molar refractivity (Wildman–Crippen MR) is 85.6 cm³/mol. The number of nitrogens with one attached hydrogen (secondary N) is 2. The maximum atomic E-state index is 12.4. The molecule has 1 saturated heterocycles. The monoisotopic (exact) mass is 381 g/mol. The van der Waals surface area contributed by atoms with Gasteiger partial charge < -0.3 is 10.2 Å². The van der Waals surface area contributed by atoms with E-state index in [9.17, 15) is 8.42 Å². The van der Waals surface area contributed by atoms with Crippen LogP contribution in [0.25, 0.3) is 0 Å². The van der Waals surface area contributed by atoms with Gasteiger partial charge in [0.05, 0.1) is 3.79 Å². The highest BCUT2D eigenvalue weighted by molar-refractivity contribution is 9.11. The summed E-state index contributed by atoms with van der Waals surface area (Å²) in [6.45, 7) is 2.19. The minimum Gasteiger partial charge on any atom is -0.315 e. The van der Waals surface area contributed by atoms with Crippen LogP contribution in [-0.2, 0) is 16.6 Å². The Morgan fingerprint density at radius 2 is 2.30 bits per heavy atom. The predicted octanol–water partition coefficient (Wildman–Crippen LogP) is 1.60. The maximum Gasteiger partial charge on any atom is 0.242 e. The van der Waals surface area contributed by atoms with Crippen molar-refractivity contribution in [2.24, 2.45) is 0 Å². The molecule has 0 saturated carbocycles. The van der Waals surface area contributed by atoms with Crippen LogP contribution in [0, 0.1) is 0 Å². The third kappa shape index (κ3) is 3.80. The fraction of sp³-hybridized carbons (Fsp3) is 0.667. The number of nitrogens with zero attached hydrogens (tertiary/aromatic N) is 1. The summed E-state index contributed by atoms with van der Waals surface area (Å²) in [5.74, 6) is 0. The third-order valence-electron chi connectivity index (χ3n) is 3.53. The summed E-state index contributed by atoms with van der Waals surface area (Å²) in [6, 6.07) is 2.03. The van der Waals surface area contributed by atoms with Gasteiger partial charge in [-0.05, 0) is 55.5 Å². The average Bonchev–Trinajstić information content (AvgIpc) is 2.94. The fourth-order valence-corrected chi connectivity index (χ4v) is 6.13. The van der Waals surface area contributed by atoms with E-state index in [1.54, 1.807) is 6.07 Å². The molecule has 0 amide bonds. The summed E-state index contributed by atoms with van der Waals surface area (Å²) in [6.07, 6.45) is 2.19. The van der Waals surface area contributed by atoms with Crippen molar-refractivity contribution in [3.05, 3.63) is 14.7 Å². The highest BCUT2D eigenvalue weighted by atomic mass is 79.9. The minimum atomic E-state index is -3.44. The molecule has 1 aliphatic heterocycles. The molecule has 114 valence electrons. The van der Waals surface area contributed by atoms with E-state index in [-0.39, 0.29) is 0 Å². The summed E-state index contributed by atoms with van der Waals surface area (Å²) < 4.78 is 28.1. The Balaban J connectivity index is 2.06. The summed E-state index contributed by atoms with van der Waals surface area (Å²) in [5.41, 5.74) is 0. The van der Waals surface area contributed by atoms with Crippen LogP contribution in [0.4, 0.5) is 0 Å². The van der Waals surface area contributed by atoms with Gasteiger partial charge in [-0.3, -0.25) is 0 Å². The molecular formula is C12H20BrN3O2S2. The van der Waals surface area contributed by atoms with E-state index in [4.69, 9.17) is 0 Å². The maximum absolute atomic E-state index is 12.4. The third-order valence-corrected chi connectivity index (χ3v) is 7.20. The molecule has 1 fully saturated rings. The number of likely N-dealkylation sites (N-methyl/N-ethyl adjacent to an activating group) is 1. The Bertz CT molecular complexity index is 559. The van der Waals surface area contributed by atoms with Gasteiger partial charge in [-0.1, -0.05) is 0 Å². The number of thiophene rings is 1. The molecule has 1 aliphatic rings. The smallest absolute Gasteiger partial charge is 0.242 e. The molecule has 1 unspecified atom stereocenters. The van der Waals surface area contributed by atoms with Gasteiger partial charge in [-0.25, -0.2) is 13.1 Å². The van der Waals surface area contributed by atoms with Crippen molar-refractivity contribution < 1.29 is 8.42 Å². The van der Waals surface area contributed by atoms with Crippen LogP contribution in [0.2, 0.25) is 0 Å². The highest BCUT2D eigenvalue weighted by Crippen LogP contribution is 2.31. The van der Waals surface area contributed by atoms with E-state index in [0.29, 0.717) is 27.8 Å². The quantitative estimate of drug-likeness (QED) is 0.785. The van der Waals surface area contributed by atoms with Crippen LogP contribution in [0.3, 0.4) is 0 Å². The average molecular weight is 382 g/mol. The molecule has 0 aliphatic carbocycles. The largest absolute Gasteiger partial charge is 0.315 e. The van der Waals surface area contributed by atoms with E-state index in [1.807, 2.05) is 14.1 Å². The second-order valence-corrected chi connectivity index (χ2v) is 9.20. The number of likely N-dealkylation sites (tertiary alicyclic amines) is 1. The number of halogens is 1. The van der Waals surface area contributed by atoms with Gasteiger partial charge in [-0.2, -0.15) is 0 Å². The molecule has 0 bridgehead atoms. The zero-order valence-electron chi connectivity index (χ0n) is 11.6. The van der Waals surface area contributed by atoms with Crippen LogP contribution < -0.4 is 10.0 Å². The number of rotatable bonds is 6. The lowest BCUT2D eigenvalue weighted by Crippen LogP contribution is -2.38. The van der Waals surface area contributed by atoms with Gasteiger partial charge >= 0.3 is 0 Å². The van der Waals surface area contributed by atoms with E-state index in [1.165, 1.54) is 11.3 Å². The normalized spacial score (nSPS) is 20.6.